The van der Waals surface area contributed by atoms with E-state index in [-0.39, 0.29) is 12.0 Å². The first kappa shape index (κ1) is 17.5. The van der Waals surface area contributed by atoms with Crippen molar-refractivity contribution in [1.29, 1.82) is 0 Å². The molecule has 6 heteroatoms. The van der Waals surface area contributed by atoms with Crippen LogP contribution in [0.1, 0.15) is 17.9 Å². The summed E-state index contributed by atoms with van der Waals surface area (Å²) in [6.07, 6.45) is 1.02. The Balaban J connectivity index is 1.54. The first-order chi connectivity index (χ1) is 12.6. The number of methoxy groups -OCH3 is 1. The third-order valence-corrected chi connectivity index (χ3v) is 5.80. The summed E-state index contributed by atoms with van der Waals surface area (Å²) in [6, 6.07) is 7.75. The van der Waals surface area contributed by atoms with Crippen LogP contribution >= 0.6 is 0 Å². The number of aliphatic hydroxyl groups is 1. The molecule has 140 valence electrons. The number of fused-ring (bicyclic) bond motifs is 1. The van der Waals surface area contributed by atoms with E-state index in [1.54, 1.807) is 7.11 Å². The Morgan fingerprint density at radius 3 is 3.00 bits per heavy atom. The fourth-order valence-corrected chi connectivity index (χ4v) is 4.27. The molecule has 2 fully saturated rings. The largest absolute Gasteiger partial charge is 0.496 e. The van der Waals surface area contributed by atoms with Crippen LogP contribution in [0.2, 0.25) is 0 Å². The van der Waals surface area contributed by atoms with Crippen molar-refractivity contribution in [3.63, 3.8) is 0 Å². The van der Waals surface area contributed by atoms with Gasteiger partial charge in [0, 0.05) is 31.7 Å². The minimum Gasteiger partial charge on any atom is -0.496 e. The average molecular weight is 358 g/mol. The van der Waals surface area contributed by atoms with Crippen molar-refractivity contribution in [2.75, 3.05) is 40.0 Å². The summed E-state index contributed by atoms with van der Waals surface area (Å²) >= 11 is 0. The van der Waals surface area contributed by atoms with E-state index < -0.39 is 0 Å². The van der Waals surface area contributed by atoms with Gasteiger partial charge in [-0.1, -0.05) is 12.1 Å². The van der Waals surface area contributed by atoms with Crippen molar-refractivity contribution in [2.24, 2.45) is 11.3 Å². The molecule has 2 aliphatic heterocycles. The minimum atomic E-state index is -0.124. The molecule has 6 nitrogen and oxygen atoms in total. The number of benzene rings is 1. The van der Waals surface area contributed by atoms with Gasteiger partial charge in [-0.3, -0.25) is 4.90 Å². The smallest absolute Gasteiger partial charge is 0.230 e. The molecule has 2 aliphatic rings. The number of nitrogens with zero attached hydrogens (tertiary/aromatic N) is 2. The van der Waals surface area contributed by atoms with Crippen molar-refractivity contribution in [1.82, 2.24) is 9.88 Å². The topological polar surface area (TPSA) is 68.0 Å². The standard InChI is InChI=1S/C20H26N2O4/c1-14-17(21-19(26-14)16-5-3-4-6-18(16)24-2)10-22-9-15-7-8-25-13-20(15,11-22)12-23/h3-6,15,23H,7-13H2,1-2H3/t15-,20+/m0/s1. The molecular weight excluding hydrogens is 332 g/mol. The van der Waals surface area contributed by atoms with E-state index in [4.69, 9.17) is 18.9 Å². The monoisotopic (exact) mass is 358 g/mol. The van der Waals surface area contributed by atoms with Crippen LogP contribution in [-0.4, -0.2) is 55.0 Å². The predicted octanol–water partition coefficient (Wildman–Crippen LogP) is 2.49. The van der Waals surface area contributed by atoms with Crippen LogP contribution < -0.4 is 4.74 Å². The number of oxazole rings is 1. The first-order valence-corrected chi connectivity index (χ1v) is 9.16. The Bertz CT molecular complexity index is 775. The highest BCUT2D eigenvalue weighted by molar-refractivity contribution is 5.62. The lowest BCUT2D eigenvalue weighted by Crippen LogP contribution is -2.42. The van der Waals surface area contributed by atoms with E-state index in [1.165, 1.54) is 0 Å². The van der Waals surface area contributed by atoms with Gasteiger partial charge in [-0.15, -0.1) is 0 Å². The van der Waals surface area contributed by atoms with Gasteiger partial charge in [0.1, 0.15) is 11.5 Å². The van der Waals surface area contributed by atoms with E-state index in [9.17, 15) is 5.11 Å². The second kappa shape index (κ2) is 7.02. The quantitative estimate of drug-likeness (QED) is 0.886. The van der Waals surface area contributed by atoms with Crippen molar-refractivity contribution in [3.05, 3.63) is 35.7 Å². The van der Waals surface area contributed by atoms with E-state index in [0.717, 1.165) is 55.4 Å². The van der Waals surface area contributed by atoms with Gasteiger partial charge in [0.25, 0.3) is 0 Å². The van der Waals surface area contributed by atoms with Crippen molar-refractivity contribution >= 4 is 0 Å². The van der Waals surface area contributed by atoms with Gasteiger partial charge in [-0.05, 0) is 31.4 Å². The lowest BCUT2D eigenvalue weighted by Gasteiger charge is -2.36. The summed E-state index contributed by atoms with van der Waals surface area (Å²) in [7, 11) is 1.65. The van der Waals surface area contributed by atoms with Gasteiger partial charge in [0.05, 0.1) is 31.6 Å². The normalized spacial score (nSPS) is 26.0. The molecule has 0 spiro atoms. The van der Waals surface area contributed by atoms with Crippen molar-refractivity contribution < 1.29 is 19.0 Å². The fraction of sp³-hybridized carbons (Fsp3) is 0.550. The van der Waals surface area contributed by atoms with Gasteiger partial charge in [0.2, 0.25) is 5.89 Å². The second-order valence-corrected chi connectivity index (χ2v) is 7.45. The summed E-state index contributed by atoms with van der Waals surface area (Å²) < 4.78 is 17.0. The number of rotatable bonds is 5. The number of likely N-dealkylation sites (tertiary alicyclic amines) is 1. The number of aromatic nitrogens is 1. The first-order valence-electron chi connectivity index (χ1n) is 9.16. The Morgan fingerprint density at radius 1 is 1.38 bits per heavy atom. The van der Waals surface area contributed by atoms with Crippen LogP contribution in [0, 0.1) is 18.3 Å². The zero-order chi connectivity index (χ0) is 18.1. The number of aliphatic hydroxyl groups excluding tert-OH is 1. The Labute approximate surface area is 153 Å². The summed E-state index contributed by atoms with van der Waals surface area (Å²) in [5.41, 5.74) is 1.68. The zero-order valence-electron chi connectivity index (χ0n) is 15.4. The van der Waals surface area contributed by atoms with Gasteiger partial charge >= 0.3 is 0 Å². The van der Waals surface area contributed by atoms with Crippen LogP contribution in [0.3, 0.4) is 0 Å². The molecule has 0 radical (unpaired) electrons. The number of ether oxygens (including phenoxy) is 2. The van der Waals surface area contributed by atoms with Crippen molar-refractivity contribution in [2.45, 2.75) is 19.9 Å². The molecule has 2 aromatic rings. The highest BCUT2D eigenvalue weighted by Crippen LogP contribution is 2.41. The molecule has 0 unspecified atom stereocenters. The van der Waals surface area contributed by atoms with Gasteiger partial charge < -0.3 is 19.0 Å². The van der Waals surface area contributed by atoms with Crippen LogP contribution in [0.5, 0.6) is 5.75 Å². The highest BCUT2D eigenvalue weighted by Gasteiger charge is 2.48. The molecule has 1 aromatic heterocycles. The number of hydrogen-bond acceptors (Lipinski definition) is 6. The predicted molar refractivity (Wildman–Crippen MR) is 96.9 cm³/mol. The van der Waals surface area contributed by atoms with Gasteiger partial charge in [-0.2, -0.15) is 0 Å². The van der Waals surface area contributed by atoms with E-state index in [2.05, 4.69) is 4.90 Å². The van der Waals surface area contributed by atoms with E-state index in [0.29, 0.717) is 18.4 Å². The summed E-state index contributed by atoms with van der Waals surface area (Å²) in [5.74, 6) is 2.66. The maximum atomic E-state index is 9.95. The average Bonchev–Trinajstić information content (AvgIpc) is 3.22. The maximum Gasteiger partial charge on any atom is 0.230 e. The van der Waals surface area contributed by atoms with E-state index >= 15 is 0 Å². The lowest BCUT2D eigenvalue weighted by molar-refractivity contribution is -0.0561. The molecule has 3 heterocycles. The molecule has 1 aromatic carbocycles. The zero-order valence-corrected chi connectivity index (χ0v) is 15.4. The molecule has 0 amide bonds. The Hall–Kier alpha value is -1.89. The molecular formula is C20H26N2O4. The van der Waals surface area contributed by atoms with Crippen LogP contribution in [0.4, 0.5) is 0 Å². The lowest BCUT2D eigenvalue weighted by atomic mass is 9.76. The minimum absolute atomic E-state index is 0.124. The third kappa shape index (κ3) is 3.02. The summed E-state index contributed by atoms with van der Waals surface area (Å²) in [4.78, 5) is 7.10. The Morgan fingerprint density at radius 2 is 2.23 bits per heavy atom. The van der Waals surface area contributed by atoms with E-state index in [1.807, 2.05) is 31.2 Å². The molecule has 0 aliphatic carbocycles. The van der Waals surface area contributed by atoms with Gasteiger partial charge in [0.15, 0.2) is 0 Å². The molecule has 0 saturated carbocycles. The molecule has 0 bridgehead atoms. The molecule has 2 saturated heterocycles. The number of hydrogen-bond donors (Lipinski definition) is 1. The molecule has 2 atom stereocenters. The van der Waals surface area contributed by atoms with Crippen LogP contribution in [0.25, 0.3) is 11.5 Å². The summed E-state index contributed by atoms with van der Waals surface area (Å²) in [5, 5.41) is 9.95. The van der Waals surface area contributed by atoms with Crippen molar-refractivity contribution in [3.8, 4) is 17.2 Å². The highest BCUT2D eigenvalue weighted by atomic mass is 16.5. The van der Waals surface area contributed by atoms with Crippen LogP contribution in [0.15, 0.2) is 28.7 Å². The maximum absolute atomic E-state index is 9.95. The van der Waals surface area contributed by atoms with Gasteiger partial charge in [-0.25, -0.2) is 4.98 Å². The fourth-order valence-electron chi connectivity index (χ4n) is 4.27. The SMILES string of the molecule is COc1ccccc1-c1nc(CN2C[C@@H]3CCOC[C@]3(CO)C2)c(C)o1. The molecule has 1 N–H and O–H groups in total. The molecule has 26 heavy (non-hydrogen) atoms. The second-order valence-electron chi connectivity index (χ2n) is 7.45. The summed E-state index contributed by atoms with van der Waals surface area (Å²) in [6.45, 7) is 6.11. The van der Waals surface area contributed by atoms with Crippen LogP contribution in [-0.2, 0) is 11.3 Å². The third-order valence-electron chi connectivity index (χ3n) is 5.80. The molecule has 4 rings (SSSR count). The Kier molecular flexibility index (Phi) is 4.73. The number of aryl methyl sites for hydroxylation is 1. The number of para-hydroxylation sites is 1.